The molecule has 0 fully saturated rings. The van der Waals surface area contributed by atoms with Gasteiger partial charge in [0.1, 0.15) is 0 Å². The maximum Gasteiger partial charge on any atom is 0.226 e. The van der Waals surface area contributed by atoms with Gasteiger partial charge in [0, 0.05) is 28.0 Å². The molecule has 0 amide bonds. The minimum Gasteiger partial charge on any atom is -0.308 e. The van der Waals surface area contributed by atoms with E-state index in [1.54, 1.807) is 0 Å². The number of hydrogen-bond acceptors (Lipinski definition) is 3. The Morgan fingerprint density at radius 2 is 1.65 bits per heavy atom. The van der Waals surface area contributed by atoms with E-state index >= 15 is 0 Å². The highest BCUT2D eigenvalue weighted by atomic mass is 16.1. The van der Waals surface area contributed by atoms with Gasteiger partial charge in [0.2, 0.25) is 5.70 Å². The molecule has 0 spiro atoms. The van der Waals surface area contributed by atoms with Crippen LogP contribution < -0.4 is 0 Å². The highest BCUT2D eigenvalue weighted by molar-refractivity contribution is 6.00. The van der Waals surface area contributed by atoms with Crippen LogP contribution in [0, 0.1) is 18.4 Å². The average Bonchev–Trinajstić information content (AvgIpc) is 2.82. The van der Waals surface area contributed by atoms with Gasteiger partial charge in [-0.3, -0.25) is 0 Å². The van der Waals surface area contributed by atoms with Crippen molar-refractivity contribution < 1.29 is 4.79 Å². The zero-order valence-corrected chi connectivity index (χ0v) is 17.7. The minimum atomic E-state index is -0.475. The topological polar surface area (TPSA) is 47.2 Å². The normalized spacial score (nSPS) is 24.5. The molecule has 1 heterocycles. The molecule has 1 aromatic heterocycles. The maximum absolute atomic E-state index is 12.7. The van der Waals surface area contributed by atoms with E-state index in [1.165, 1.54) is 0 Å². The number of aromatic nitrogens is 2. The first-order chi connectivity index (χ1) is 15.0. The predicted molar refractivity (Wildman–Crippen MR) is 121 cm³/mol. The van der Waals surface area contributed by atoms with Crippen molar-refractivity contribution in [1.82, 2.24) is 9.97 Å². The van der Waals surface area contributed by atoms with Gasteiger partial charge in [0.25, 0.3) is 0 Å². The molecular weight excluding hydrogens is 382 g/mol. The van der Waals surface area contributed by atoms with Crippen molar-refractivity contribution in [3.63, 3.8) is 0 Å². The third kappa shape index (κ3) is 3.00. The molecule has 3 atom stereocenters. The molecular formula is C27H23N3O. The fourth-order valence-electron chi connectivity index (χ4n) is 5.30. The van der Waals surface area contributed by atoms with E-state index in [4.69, 9.17) is 16.5 Å². The van der Waals surface area contributed by atoms with Gasteiger partial charge in [0.15, 0.2) is 11.6 Å². The summed E-state index contributed by atoms with van der Waals surface area (Å²) in [6.07, 6.45) is 3.58. The number of benzene rings is 2. The molecule has 0 unspecified atom stereocenters. The van der Waals surface area contributed by atoms with Crippen LogP contribution in [0.5, 0.6) is 0 Å². The first-order valence-electron chi connectivity index (χ1n) is 10.7. The average molecular weight is 406 g/mol. The lowest BCUT2D eigenvalue weighted by Gasteiger charge is -2.46. The number of nitrogens with zero attached hydrogens (tertiary/aromatic N) is 3. The zero-order valence-electron chi connectivity index (χ0n) is 17.7. The van der Waals surface area contributed by atoms with E-state index in [-0.39, 0.29) is 23.3 Å². The van der Waals surface area contributed by atoms with E-state index in [0.717, 1.165) is 40.9 Å². The second-order valence-electron chi connectivity index (χ2n) is 8.68. The molecule has 0 saturated heterocycles. The lowest BCUT2D eigenvalue weighted by molar-refractivity contribution is -0.121. The minimum absolute atomic E-state index is 0.0402. The van der Waals surface area contributed by atoms with Crippen LogP contribution in [0.2, 0.25) is 0 Å². The molecule has 2 aliphatic carbocycles. The summed E-state index contributed by atoms with van der Waals surface area (Å²) >= 11 is 0. The number of rotatable bonds is 2. The summed E-state index contributed by atoms with van der Waals surface area (Å²) in [7, 11) is 0. The number of allylic oxidation sites excluding steroid dienone is 2. The standard InChI is InChI=1S/C27H23N3O/c1-17-21-15-14-20-23(18-10-6-4-7-11-18)29-26(19-12-8-5-9-13-19)30-25(20)27(21,2)16-22(28-3)24(17)31/h4-13,16-17,21H,14-15H2,1-2H3/t17-,21-,27-/m1/s1. The predicted octanol–water partition coefficient (Wildman–Crippen LogP) is 5.65. The van der Waals surface area contributed by atoms with Gasteiger partial charge in [-0.1, -0.05) is 80.6 Å². The summed E-state index contributed by atoms with van der Waals surface area (Å²) < 4.78 is 0. The molecule has 2 aliphatic rings. The first-order valence-corrected chi connectivity index (χ1v) is 10.7. The van der Waals surface area contributed by atoms with Crippen molar-refractivity contribution in [2.45, 2.75) is 32.1 Å². The number of hydrogen-bond donors (Lipinski definition) is 0. The zero-order chi connectivity index (χ0) is 21.6. The first kappa shape index (κ1) is 19.4. The summed E-state index contributed by atoms with van der Waals surface area (Å²) in [5, 5.41) is 0. The Labute approximate surface area is 182 Å². The largest absolute Gasteiger partial charge is 0.308 e. The van der Waals surface area contributed by atoms with Crippen LogP contribution >= 0.6 is 0 Å². The number of ketones is 1. The Morgan fingerprint density at radius 1 is 1.00 bits per heavy atom. The molecule has 2 aromatic carbocycles. The summed E-state index contributed by atoms with van der Waals surface area (Å²) in [5.41, 5.74) is 4.82. The summed E-state index contributed by atoms with van der Waals surface area (Å²) in [6.45, 7) is 11.7. The Bertz CT molecular complexity index is 1240. The van der Waals surface area contributed by atoms with Crippen molar-refractivity contribution in [1.29, 1.82) is 0 Å². The lowest BCUT2D eigenvalue weighted by Crippen LogP contribution is -2.46. The molecule has 0 saturated carbocycles. The Hall–Kier alpha value is -3.58. The molecule has 3 aromatic rings. The van der Waals surface area contributed by atoms with Gasteiger partial charge in [-0.2, -0.15) is 0 Å². The summed E-state index contributed by atoms with van der Waals surface area (Å²) in [6, 6.07) is 20.2. The summed E-state index contributed by atoms with van der Waals surface area (Å²) in [5.74, 6) is 0.576. The van der Waals surface area contributed by atoms with E-state index in [2.05, 4.69) is 23.9 Å². The smallest absolute Gasteiger partial charge is 0.226 e. The molecule has 5 rings (SSSR count). The van der Waals surface area contributed by atoms with Gasteiger partial charge in [-0.05, 0) is 18.8 Å². The number of carbonyl (C=O) groups excluding carboxylic acids is 1. The Balaban J connectivity index is 1.81. The summed E-state index contributed by atoms with van der Waals surface area (Å²) in [4.78, 5) is 26.4. The second-order valence-corrected chi connectivity index (χ2v) is 8.68. The molecule has 4 heteroatoms. The third-order valence-electron chi connectivity index (χ3n) is 6.90. The van der Waals surface area contributed by atoms with Crippen molar-refractivity contribution in [3.05, 3.63) is 95.1 Å². The van der Waals surface area contributed by atoms with Crippen LogP contribution in [0.15, 0.2) is 72.4 Å². The monoisotopic (exact) mass is 405 g/mol. The number of Topliss-reactive ketones (excluding diaryl/α,β-unsaturated/α-hetero) is 1. The Kier molecular flexibility index (Phi) is 4.55. The van der Waals surface area contributed by atoms with E-state index in [1.807, 2.05) is 61.5 Å². The highest BCUT2D eigenvalue weighted by Gasteiger charge is 2.49. The quantitative estimate of drug-likeness (QED) is 0.518. The van der Waals surface area contributed by atoms with Crippen molar-refractivity contribution in [2.24, 2.45) is 11.8 Å². The van der Waals surface area contributed by atoms with Crippen LogP contribution in [0.25, 0.3) is 27.5 Å². The SMILES string of the molecule is [C-]#[N+]C1=C[C@@]2(C)c3nc(-c4ccccc4)nc(-c4ccccc4)c3CC[C@@H]2[C@@H](C)C1=O. The molecule has 0 N–H and O–H groups in total. The van der Waals surface area contributed by atoms with Crippen molar-refractivity contribution in [3.8, 4) is 22.6 Å². The van der Waals surface area contributed by atoms with E-state index in [0.29, 0.717) is 5.82 Å². The van der Waals surface area contributed by atoms with Crippen LogP contribution in [0.1, 0.15) is 31.5 Å². The van der Waals surface area contributed by atoms with Crippen LogP contribution in [0.4, 0.5) is 0 Å². The van der Waals surface area contributed by atoms with Crippen LogP contribution in [-0.2, 0) is 16.6 Å². The fraction of sp³-hybridized carbons (Fsp3) is 0.259. The maximum atomic E-state index is 12.7. The van der Waals surface area contributed by atoms with Gasteiger partial charge in [-0.15, -0.1) is 0 Å². The molecule has 4 nitrogen and oxygen atoms in total. The van der Waals surface area contributed by atoms with E-state index in [9.17, 15) is 4.79 Å². The fourth-order valence-corrected chi connectivity index (χ4v) is 5.30. The molecule has 0 radical (unpaired) electrons. The van der Waals surface area contributed by atoms with Gasteiger partial charge in [-0.25, -0.2) is 14.8 Å². The van der Waals surface area contributed by atoms with Gasteiger partial charge >= 0.3 is 0 Å². The number of fused-ring (bicyclic) bond motifs is 3. The van der Waals surface area contributed by atoms with Crippen molar-refractivity contribution >= 4 is 5.78 Å². The number of carbonyl (C=O) groups is 1. The van der Waals surface area contributed by atoms with Crippen LogP contribution in [-0.4, -0.2) is 15.8 Å². The lowest BCUT2D eigenvalue weighted by atomic mass is 9.58. The molecule has 31 heavy (non-hydrogen) atoms. The third-order valence-corrected chi connectivity index (χ3v) is 6.90. The van der Waals surface area contributed by atoms with Crippen LogP contribution in [0.3, 0.4) is 0 Å². The Morgan fingerprint density at radius 3 is 2.29 bits per heavy atom. The van der Waals surface area contributed by atoms with Gasteiger partial charge in [0.05, 0.1) is 18.0 Å². The van der Waals surface area contributed by atoms with Crippen molar-refractivity contribution in [2.75, 3.05) is 0 Å². The molecule has 0 aliphatic heterocycles. The molecule has 0 bridgehead atoms. The van der Waals surface area contributed by atoms with E-state index < -0.39 is 5.41 Å². The highest BCUT2D eigenvalue weighted by Crippen LogP contribution is 2.51. The van der Waals surface area contributed by atoms with Gasteiger partial charge < -0.3 is 4.79 Å². The second kappa shape index (κ2) is 7.28. The molecule has 152 valence electrons.